The predicted molar refractivity (Wildman–Crippen MR) is 99.4 cm³/mol. The van der Waals surface area contributed by atoms with Crippen LogP contribution in [0.5, 0.6) is 11.5 Å². The molecule has 0 bridgehead atoms. The molecule has 6 heteroatoms. The molecule has 0 aliphatic carbocycles. The molecule has 1 aliphatic rings. The fourth-order valence-corrected chi connectivity index (χ4v) is 2.91. The van der Waals surface area contributed by atoms with Gasteiger partial charge in [-0.1, -0.05) is 6.58 Å². The smallest absolute Gasteiger partial charge is 0.228 e. The van der Waals surface area contributed by atoms with Crippen LogP contribution in [-0.4, -0.2) is 20.1 Å². The van der Waals surface area contributed by atoms with Crippen LogP contribution in [0.4, 0.5) is 17.1 Å². The van der Waals surface area contributed by atoms with Crippen molar-refractivity contribution in [2.45, 2.75) is 13.3 Å². The Balaban J connectivity index is 1.72. The highest BCUT2D eigenvalue weighted by molar-refractivity contribution is 5.99. The molecule has 0 spiro atoms. The second kappa shape index (κ2) is 6.76. The van der Waals surface area contributed by atoms with Gasteiger partial charge in [0, 0.05) is 23.1 Å². The van der Waals surface area contributed by atoms with Crippen LogP contribution in [0.25, 0.3) is 0 Å². The molecule has 3 N–H and O–H groups in total. The molecule has 1 aliphatic heterocycles. The fourth-order valence-electron chi connectivity index (χ4n) is 2.91. The van der Waals surface area contributed by atoms with Crippen molar-refractivity contribution >= 4 is 23.0 Å². The van der Waals surface area contributed by atoms with E-state index in [1.807, 2.05) is 37.3 Å². The minimum Gasteiger partial charge on any atom is -0.493 e. The summed E-state index contributed by atoms with van der Waals surface area (Å²) in [4.78, 5) is 11.4. The number of ether oxygens (including phenoxy) is 2. The quantitative estimate of drug-likeness (QED) is 0.751. The van der Waals surface area contributed by atoms with E-state index in [1.165, 1.54) is 0 Å². The van der Waals surface area contributed by atoms with Crippen LogP contribution in [0.3, 0.4) is 0 Å². The molecule has 6 nitrogen and oxygen atoms in total. The number of nitrogens with one attached hydrogen (secondary N) is 3. The molecule has 0 atom stereocenters. The molecule has 0 saturated carbocycles. The van der Waals surface area contributed by atoms with E-state index < -0.39 is 0 Å². The van der Waals surface area contributed by atoms with Gasteiger partial charge in [0.1, 0.15) is 5.82 Å². The molecule has 0 radical (unpaired) electrons. The summed E-state index contributed by atoms with van der Waals surface area (Å²) in [5.41, 5.74) is 4.50. The fraction of sp³-hybridized carbons (Fsp3) is 0.211. The third-order valence-corrected chi connectivity index (χ3v) is 3.99. The second-order valence-electron chi connectivity index (χ2n) is 5.85. The van der Waals surface area contributed by atoms with Gasteiger partial charge in [-0.25, -0.2) is 0 Å². The lowest BCUT2D eigenvalue weighted by atomic mass is 10.1. The van der Waals surface area contributed by atoms with E-state index in [-0.39, 0.29) is 5.91 Å². The highest BCUT2D eigenvalue weighted by Crippen LogP contribution is 2.34. The Morgan fingerprint density at radius 1 is 1.12 bits per heavy atom. The molecule has 25 heavy (non-hydrogen) atoms. The largest absolute Gasteiger partial charge is 0.493 e. The third kappa shape index (κ3) is 3.52. The number of hydrogen-bond acceptors (Lipinski definition) is 5. The molecule has 0 unspecified atom stereocenters. The van der Waals surface area contributed by atoms with Crippen molar-refractivity contribution < 1.29 is 14.3 Å². The van der Waals surface area contributed by atoms with Crippen molar-refractivity contribution in [1.82, 2.24) is 0 Å². The predicted octanol–water partition coefficient (Wildman–Crippen LogP) is 3.50. The Morgan fingerprint density at radius 3 is 2.60 bits per heavy atom. The minimum atomic E-state index is 0.0184. The van der Waals surface area contributed by atoms with Crippen LogP contribution >= 0.6 is 0 Å². The van der Waals surface area contributed by atoms with Crippen molar-refractivity contribution in [3.05, 3.63) is 53.9 Å². The van der Waals surface area contributed by atoms with Crippen molar-refractivity contribution in [3.63, 3.8) is 0 Å². The van der Waals surface area contributed by atoms with E-state index in [1.54, 1.807) is 14.2 Å². The first kappa shape index (κ1) is 16.7. The zero-order valence-corrected chi connectivity index (χ0v) is 14.5. The lowest BCUT2D eigenvalue weighted by Gasteiger charge is -2.16. The number of anilines is 3. The number of benzene rings is 2. The van der Waals surface area contributed by atoms with Crippen molar-refractivity contribution in [2.75, 3.05) is 30.2 Å². The van der Waals surface area contributed by atoms with Gasteiger partial charge in [0.25, 0.3) is 0 Å². The number of fused-ring (bicyclic) bond motifs is 1. The summed E-state index contributed by atoms with van der Waals surface area (Å²) in [6, 6.07) is 9.54. The zero-order chi connectivity index (χ0) is 18.0. The van der Waals surface area contributed by atoms with Crippen molar-refractivity contribution in [3.8, 4) is 11.5 Å². The lowest BCUT2D eigenvalue weighted by molar-refractivity contribution is -0.115. The SMILES string of the molecule is C=C(Nc1ccc2c(c1)CC(=O)N2)Nc1cc(C)c(OC)c(OC)c1. The highest BCUT2D eigenvalue weighted by atomic mass is 16.5. The first-order chi connectivity index (χ1) is 12.0. The Bertz CT molecular complexity index is 846. The van der Waals surface area contributed by atoms with E-state index in [0.29, 0.717) is 23.7 Å². The van der Waals surface area contributed by atoms with Crippen LogP contribution in [-0.2, 0) is 11.2 Å². The lowest BCUT2D eigenvalue weighted by Crippen LogP contribution is -2.09. The van der Waals surface area contributed by atoms with Gasteiger partial charge in [-0.15, -0.1) is 0 Å². The van der Waals surface area contributed by atoms with Crippen molar-refractivity contribution in [2.24, 2.45) is 0 Å². The summed E-state index contributed by atoms with van der Waals surface area (Å²) in [5, 5.41) is 9.23. The molecule has 1 heterocycles. The molecular weight excluding hydrogens is 318 g/mol. The normalized spacial score (nSPS) is 12.2. The van der Waals surface area contributed by atoms with Gasteiger partial charge < -0.3 is 25.4 Å². The monoisotopic (exact) mass is 339 g/mol. The van der Waals surface area contributed by atoms with Crippen molar-refractivity contribution in [1.29, 1.82) is 0 Å². The van der Waals surface area contributed by atoms with Gasteiger partial charge in [-0.2, -0.15) is 0 Å². The molecule has 1 amide bonds. The molecule has 130 valence electrons. The maximum absolute atomic E-state index is 11.4. The van der Waals surface area contributed by atoms with E-state index in [9.17, 15) is 4.79 Å². The van der Waals surface area contributed by atoms with Crippen LogP contribution < -0.4 is 25.4 Å². The summed E-state index contributed by atoms with van der Waals surface area (Å²) in [5.74, 6) is 2.00. The number of carbonyl (C=O) groups is 1. The molecule has 2 aromatic carbocycles. The van der Waals surface area contributed by atoms with E-state index in [2.05, 4.69) is 22.5 Å². The Morgan fingerprint density at radius 2 is 1.88 bits per heavy atom. The Labute approximate surface area is 146 Å². The van der Waals surface area contributed by atoms with Crippen LogP contribution in [0.1, 0.15) is 11.1 Å². The molecule has 0 saturated heterocycles. The van der Waals surface area contributed by atoms with Gasteiger partial charge in [0.2, 0.25) is 5.91 Å². The van der Waals surface area contributed by atoms with Crippen LogP contribution in [0.15, 0.2) is 42.7 Å². The maximum atomic E-state index is 11.4. The van der Waals surface area contributed by atoms with E-state index in [0.717, 1.165) is 28.2 Å². The van der Waals surface area contributed by atoms with Crippen LogP contribution in [0, 0.1) is 6.92 Å². The number of amides is 1. The Hall–Kier alpha value is -3.15. The summed E-state index contributed by atoms with van der Waals surface area (Å²) in [6.07, 6.45) is 0.402. The highest BCUT2D eigenvalue weighted by Gasteiger charge is 2.17. The minimum absolute atomic E-state index is 0.0184. The average molecular weight is 339 g/mol. The van der Waals surface area contributed by atoms with Gasteiger partial charge in [-0.05, 0) is 42.3 Å². The van der Waals surface area contributed by atoms with Gasteiger partial charge in [-0.3, -0.25) is 4.79 Å². The standard InChI is InChI=1S/C19H21N3O3/c1-11-7-15(10-17(24-3)19(11)25-4)21-12(2)20-14-5-6-16-13(8-14)9-18(23)22-16/h5-8,10,20-21H,2,9H2,1,3-4H3,(H,22,23). The van der Waals surface area contributed by atoms with E-state index in [4.69, 9.17) is 9.47 Å². The molecule has 2 aromatic rings. The third-order valence-electron chi connectivity index (χ3n) is 3.99. The van der Waals surface area contributed by atoms with E-state index >= 15 is 0 Å². The van der Waals surface area contributed by atoms with Crippen LogP contribution in [0.2, 0.25) is 0 Å². The first-order valence-corrected chi connectivity index (χ1v) is 7.88. The first-order valence-electron chi connectivity index (χ1n) is 7.88. The van der Waals surface area contributed by atoms with Gasteiger partial charge in [0.05, 0.1) is 20.6 Å². The second-order valence-corrected chi connectivity index (χ2v) is 5.85. The molecular formula is C19H21N3O3. The topological polar surface area (TPSA) is 71.6 Å². The number of rotatable bonds is 6. The summed E-state index contributed by atoms with van der Waals surface area (Å²) < 4.78 is 10.7. The average Bonchev–Trinajstić information content (AvgIpc) is 2.93. The molecule has 0 aromatic heterocycles. The van der Waals surface area contributed by atoms with Gasteiger partial charge >= 0.3 is 0 Å². The maximum Gasteiger partial charge on any atom is 0.228 e. The summed E-state index contributed by atoms with van der Waals surface area (Å²) >= 11 is 0. The Kier molecular flexibility index (Phi) is 4.52. The number of carbonyl (C=O) groups excluding carboxylic acids is 1. The number of aryl methyl sites for hydroxylation is 1. The molecule has 3 rings (SSSR count). The van der Waals surface area contributed by atoms with Gasteiger partial charge in [0.15, 0.2) is 11.5 Å². The number of hydrogen-bond donors (Lipinski definition) is 3. The molecule has 0 fully saturated rings. The zero-order valence-electron chi connectivity index (χ0n) is 14.5. The number of methoxy groups -OCH3 is 2. The summed E-state index contributed by atoms with van der Waals surface area (Å²) in [6.45, 7) is 5.96. The summed E-state index contributed by atoms with van der Waals surface area (Å²) in [7, 11) is 3.22.